The molecule has 0 aromatic heterocycles. The van der Waals surface area contributed by atoms with Gasteiger partial charge >= 0.3 is 6.09 Å². The lowest BCUT2D eigenvalue weighted by atomic mass is 9.93. The van der Waals surface area contributed by atoms with Crippen LogP contribution in [0.15, 0.2) is 30.9 Å². The molecule has 1 aromatic rings. The summed E-state index contributed by atoms with van der Waals surface area (Å²) in [6, 6.07) is 3.73. The molecule has 0 aliphatic heterocycles. The summed E-state index contributed by atoms with van der Waals surface area (Å²) < 4.78 is 5.29. The van der Waals surface area contributed by atoms with E-state index in [9.17, 15) is 14.4 Å². The van der Waals surface area contributed by atoms with Crippen molar-refractivity contribution >= 4 is 30.5 Å². The van der Waals surface area contributed by atoms with Crippen LogP contribution in [-0.2, 0) is 14.3 Å². The number of alkyl carbamates (subject to hydrolysis) is 1. The Morgan fingerprint density at radius 1 is 1.16 bits per heavy atom. The highest BCUT2D eigenvalue weighted by Gasteiger charge is 2.36. The zero-order valence-corrected chi connectivity index (χ0v) is 21.1. The summed E-state index contributed by atoms with van der Waals surface area (Å²) in [4.78, 5) is 40.6. The number of nitrogens with zero attached hydrogens (tertiary/aromatic N) is 1. The first-order valence-corrected chi connectivity index (χ1v) is 11.3. The van der Waals surface area contributed by atoms with E-state index in [4.69, 9.17) is 4.74 Å². The fraction of sp³-hybridized carbons (Fsp3) is 0.542. The van der Waals surface area contributed by atoms with Crippen LogP contribution in [0.25, 0.3) is 0 Å². The molecule has 0 saturated heterocycles. The van der Waals surface area contributed by atoms with Crippen molar-refractivity contribution in [2.45, 2.75) is 72.2 Å². The van der Waals surface area contributed by atoms with Crippen molar-refractivity contribution in [3.63, 3.8) is 0 Å². The highest BCUT2D eigenvalue weighted by molar-refractivity contribution is 7.80. The van der Waals surface area contributed by atoms with Gasteiger partial charge < -0.3 is 20.3 Å². The largest absolute Gasteiger partial charge is 0.444 e. The van der Waals surface area contributed by atoms with Gasteiger partial charge in [0.25, 0.3) is 0 Å². The molecule has 0 aliphatic carbocycles. The first-order chi connectivity index (χ1) is 14.8. The first kappa shape index (κ1) is 27.6. The van der Waals surface area contributed by atoms with Gasteiger partial charge in [0.05, 0.1) is 0 Å². The number of carbonyl (C=O) groups is 3. The molecular formula is C24H37N3O4S. The number of hydrogen-bond acceptors (Lipinski definition) is 5. The number of hydrogen-bond donors (Lipinski definition) is 3. The van der Waals surface area contributed by atoms with Crippen LogP contribution in [0.3, 0.4) is 0 Å². The van der Waals surface area contributed by atoms with Gasteiger partial charge in [0.2, 0.25) is 11.8 Å². The molecule has 32 heavy (non-hydrogen) atoms. The number of amides is 3. The molecule has 0 spiro atoms. The Bertz CT molecular complexity index is 813. The van der Waals surface area contributed by atoms with Gasteiger partial charge in [-0.1, -0.05) is 24.3 Å². The average molecular weight is 464 g/mol. The van der Waals surface area contributed by atoms with E-state index in [1.165, 1.54) is 4.90 Å². The number of nitrogens with one attached hydrogen (secondary N) is 2. The fourth-order valence-corrected chi connectivity index (χ4v) is 3.60. The molecule has 1 rings (SSSR count). The van der Waals surface area contributed by atoms with Crippen molar-refractivity contribution in [2.75, 3.05) is 12.3 Å². The normalized spacial score (nSPS) is 13.2. The van der Waals surface area contributed by atoms with Gasteiger partial charge in [-0.3, -0.25) is 9.59 Å². The molecule has 0 heterocycles. The Kier molecular flexibility index (Phi) is 10.3. The van der Waals surface area contributed by atoms with Crippen LogP contribution in [-0.4, -0.2) is 52.8 Å². The first-order valence-electron chi connectivity index (χ1n) is 10.7. The Labute approximate surface area is 197 Å². The van der Waals surface area contributed by atoms with Gasteiger partial charge in [-0.05, 0) is 65.2 Å². The van der Waals surface area contributed by atoms with E-state index < -0.39 is 29.7 Å². The monoisotopic (exact) mass is 463 g/mol. The minimum absolute atomic E-state index is 0.0387. The smallest absolute Gasteiger partial charge is 0.408 e. The maximum atomic E-state index is 13.6. The third-order valence-electron chi connectivity index (χ3n) is 4.59. The zero-order valence-electron chi connectivity index (χ0n) is 20.2. The van der Waals surface area contributed by atoms with Crippen molar-refractivity contribution in [3.8, 4) is 0 Å². The summed E-state index contributed by atoms with van der Waals surface area (Å²) in [5.74, 6) is -0.711. The second kappa shape index (κ2) is 11.9. The predicted molar refractivity (Wildman–Crippen MR) is 131 cm³/mol. The average Bonchev–Trinajstić information content (AvgIpc) is 2.65. The predicted octanol–water partition coefficient (Wildman–Crippen LogP) is 3.71. The molecule has 1 aromatic carbocycles. The summed E-state index contributed by atoms with van der Waals surface area (Å²) in [5.41, 5.74) is 1.81. The molecule has 178 valence electrons. The van der Waals surface area contributed by atoms with Crippen LogP contribution in [0.5, 0.6) is 0 Å². The van der Waals surface area contributed by atoms with Crippen LogP contribution in [0, 0.1) is 13.8 Å². The lowest BCUT2D eigenvalue weighted by Crippen LogP contribution is -2.54. The molecule has 0 fully saturated rings. The van der Waals surface area contributed by atoms with Crippen molar-refractivity contribution in [1.82, 2.24) is 15.5 Å². The number of carbonyl (C=O) groups excluding carboxylic acids is 3. The van der Waals surface area contributed by atoms with E-state index in [1.807, 2.05) is 45.9 Å². The van der Waals surface area contributed by atoms with Crippen LogP contribution in [0.1, 0.15) is 57.4 Å². The van der Waals surface area contributed by atoms with E-state index in [1.54, 1.807) is 26.8 Å². The highest BCUT2D eigenvalue weighted by atomic mass is 32.1. The number of thiol groups is 1. The summed E-state index contributed by atoms with van der Waals surface area (Å²) in [6.45, 7) is 16.6. The number of rotatable bonds is 9. The summed E-state index contributed by atoms with van der Waals surface area (Å²) in [6.07, 6.45) is 0.836. The Balaban J connectivity index is 3.43. The van der Waals surface area contributed by atoms with Gasteiger partial charge in [-0.15, -0.1) is 6.58 Å². The zero-order chi connectivity index (χ0) is 24.6. The maximum Gasteiger partial charge on any atom is 0.408 e. The number of benzene rings is 1. The molecule has 0 aliphatic rings. The third kappa shape index (κ3) is 7.89. The van der Waals surface area contributed by atoms with Gasteiger partial charge in [-0.2, -0.15) is 12.6 Å². The lowest BCUT2D eigenvalue weighted by molar-refractivity contribution is -0.141. The Morgan fingerprint density at radius 2 is 1.72 bits per heavy atom. The topological polar surface area (TPSA) is 87.7 Å². The van der Waals surface area contributed by atoms with Crippen LogP contribution >= 0.6 is 12.6 Å². The Morgan fingerprint density at radius 3 is 2.16 bits per heavy atom. The number of ether oxygens (including phenoxy) is 1. The molecule has 0 radical (unpaired) electrons. The van der Waals surface area contributed by atoms with Crippen molar-refractivity contribution in [1.29, 1.82) is 0 Å². The quantitative estimate of drug-likeness (QED) is 0.385. The van der Waals surface area contributed by atoms with E-state index in [-0.39, 0.29) is 24.2 Å². The van der Waals surface area contributed by atoms with E-state index in [2.05, 4.69) is 29.8 Å². The van der Waals surface area contributed by atoms with E-state index in [0.29, 0.717) is 0 Å². The lowest BCUT2D eigenvalue weighted by Gasteiger charge is -2.35. The van der Waals surface area contributed by atoms with Gasteiger partial charge in [-0.25, -0.2) is 4.79 Å². The highest BCUT2D eigenvalue weighted by Crippen LogP contribution is 2.28. The maximum absolute atomic E-state index is 13.6. The second-order valence-electron chi connectivity index (χ2n) is 9.03. The molecule has 7 nitrogen and oxygen atoms in total. The second-order valence-corrected chi connectivity index (χ2v) is 9.40. The molecule has 2 atom stereocenters. The molecule has 8 heteroatoms. The standard InChI is InChI=1S/C24H37N3O4S/c1-9-13-27(22(29)18(14-32)26-23(30)31-24(6,7)8)20(21(28)25-15(2)3)19-16(4)11-10-12-17(19)5/h9-12,15,18,20,32H,1,13-14H2,2-8H3,(H,25,28)(H,26,30). The minimum atomic E-state index is -0.980. The van der Waals surface area contributed by atoms with Gasteiger partial charge in [0.15, 0.2) is 0 Å². The summed E-state index contributed by atoms with van der Waals surface area (Å²) in [5, 5.41) is 5.50. The molecular weight excluding hydrogens is 426 g/mol. The van der Waals surface area contributed by atoms with Gasteiger partial charge in [0, 0.05) is 18.3 Å². The molecule has 2 N–H and O–H groups in total. The molecule has 2 unspecified atom stereocenters. The molecule has 3 amide bonds. The SMILES string of the molecule is C=CCN(C(=O)C(CS)NC(=O)OC(C)(C)C)C(C(=O)NC(C)C)c1c(C)cccc1C. The van der Waals surface area contributed by atoms with Crippen molar-refractivity contribution in [2.24, 2.45) is 0 Å². The van der Waals surface area contributed by atoms with Crippen LogP contribution in [0.2, 0.25) is 0 Å². The summed E-state index contributed by atoms with van der Waals surface area (Å²) >= 11 is 4.26. The van der Waals surface area contributed by atoms with Crippen LogP contribution in [0.4, 0.5) is 4.79 Å². The van der Waals surface area contributed by atoms with Crippen molar-refractivity contribution in [3.05, 3.63) is 47.5 Å². The summed E-state index contributed by atoms with van der Waals surface area (Å²) in [7, 11) is 0. The van der Waals surface area contributed by atoms with E-state index >= 15 is 0 Å². The van der Waals surface area contributed by atoms with Crippen LogP contribution < -0.4 is 10.6 Å². The van der Waals surface area contributed by atoms with Gasteiger partial charge in [0.1, 0.15) is 17.7 Å². The molecule has 0 bridgehead atoms. The Hall–Kier alpha value is -2.48. The minimum Gasteiger partial charge on any atom is -0.444 e. The number of aryl methyl sites for hydroxylation is 2. The van der Waals surface area contributed by atoms with E-state index in [0.717, 1.165) is 16.7 Å². The fourth-order valence-electron chi connectivity index (χ4n) is 3.35. The third-order valence-corrected chi connectivity index (χ3v) is 4.95. The van der Waals surface area contributed by atoms with Crippen molar-refractivity contribution < 1.29 is 19.1 Å². The molecule has 0 saturated carbocycles.